The number of hydrogen-bond acceptors (Lipinski definition) is 27. The molecule has 10 aromatic rings. The van der Waals surface area contributed by atoms with E-state index in [2.05, 4.69) is 45.6 Å². The first-order chi connectivity index (χ1) is 66.3. The van der Waals surface area contributed by atoms with Crippen molar-refractivity contribution >= 4 is 115 Å². The average molecular weight is 2120 g/mol. The number of sulfonamides is 5. The molecule has 764 valence electrons. The number of carbonyl (C=O) groups is 2. The van der Waals surface area contributed by atoms with Gasteiger partial charge in [-0.15, -0.1) is 0 Å². The Hall–Kier alpha value is -14.1. The van der Waals surface area contributed by atoms with Crippen LogP contribution in [0.25, 0.3) is 0 Å². The average Bonchev–Trinajstić information content (AvgIpc) is 0.765. The molecule has 0 bridgehead atoms. The molecule has 0 radical (unpaired) electrons. The predicted molar refractivity (Wildman–Crippen MR) is 506 cm³/mol. The summed E-state index contributed by atoms with van der Waals surface area (Å²) in [5.41, 5.74) is 21.1. The molecule has 2 aromatic heterocycles. The molecule has 5 aliphatic heterocycles. The molecule has 0 saturated carbocycles. The van der Waals surface area contributed by atoms with Gasteiger partial charge < -0.3 is 53.5 Å². The topological polar surface area (TPSA) is 490 Å². The number of rotatable bonds is 18. The first-order valence-corrected chi connectivity index (χ1v) is 50.1. The lowest BCUT2D eigenvalue weighted by Gasteiger charge is -2.34. The monoisotopic (exact) mass is 2120 g/mol. The summed E-state index contributed by atoms with van der Waals surface area (Å²) in [7, 11) is -12.5. The quantitative estimate of drug-likeness (QED) is 0.0392. The van der Waals surface area contributed by atoms with Gasteiger partial charge in [0.1, 0.15) is 99.7 Å². The maximum Gasteiger partial charge on any atom is 0.417 e. The van der Waals surface area contributed by atoms with Gasteiger partial charge in [-0.1, -0.05) is 41.9 Å². The van der Waals surface area contributed by atoms with Gasteiger partial charge in [0, 0.05) is 103 Å². The fraction of sp³-hybridized carbons (Fsp3) is 0.278. The van der Waals surface area contributed by atoms with E-state index >= 15 is 0 Å². The number of anilines is 2. The molecule has 143 heavy (non-hydrogen) atoms. The molecule has 0 spiro atoms. The molecule has 12 N–H and O–H groups in total. The molecular formula is C90H91ClF13N19O15S5. The number of halogens is 14. The maximum atomic E-state index is 14.6. The Labute approximate surface area is 817 Å². The molecule has 53 heteroatoms. The number of benzene rings is 8. The number of carbonyl (C=O) groups excluding carboxylic acids is 2. The second-order valence-corrected chi connectivity index (χ2v) is 44.1. The summed E-state index contributed by atoms with van der Waals surface area (Å²) in [5, 5.41) is 5.26. The zero-order chi connectivity index (χ0) is 106. The number of guanidine groups is 5. The highest BCUT2D eigenvalue weighted by Gasteiger charge is 2.48. The van der Waals surface area contributed by atoms with E-state index in [0.29, 0.717) is 39.4 Å². The molecule has 0 aliphatic carbocycles. The van der Waals surface area contributed by atoms with Crippen molar-refractivity contribution in [2.75, 3.05) is 74.6 Å². The summed E-state index contributed by atoms with van der Waals surface area (Å²) in [6.07, 6.45) is -7.14. The Kier molecular flexibility index (Phi) is 32.0. The Morgan fingerprint density at radius 2 is 0.692 bits per heavy atom. The largest absolute Gasteiger partial charge is 0.489 e. The lowest BCUT2D eigenvalue weighted by molar-refractivity contribution is -0.138. The van der Waals surface area contributed by atoms with Gasteiger partial charge in [-0.25, -0.2) is 129 Å². The predicted octanol–water partition coefficient (Wildman–Crippen LogP) is 12.2. The normalized spacial score (nSPS) is 21.3. The van der Waals surface area contributed by atoms with Crippen LogP contribution in [0.4, 0.5) is 68.6 Å². The van der Waals surface area contributed by atoms with Gasteiger partial charge in [-0.3, -0.25) is 9.59 Å². The highest BCUT2D eigenvalue weighted by molar-refractivity contribution is 7.91. The third-order valence-electron chi connectivity index (χ3n) is 22.6. The molecule has 0 fully saturated rings. The minimum absolute atomic E-state index is 0.0392. The van der Waals surface area contributed by atoms with Crippen LogP contribution in [-0.4, -0.2) is 179 Å². The second kappa shape index (κ2) is 41.8. The number of nitrogens with one attached hydrogen (secondary N) is 2. The van der Waals surface area contributed by atoms with Crippen LogP contribution in [-0.2, 0) is 110 Å². The lowest BCUT2D eigenvalue weighted by atomic mass is 9.92. The first-order valence-electron chi connectivity index (χ1n) is 41.7. The van der Waals surface area contributed by atoms with E-state index in [1.807, 2.05) is 0 Å². The Morgan fingerprint density at radius 1 is 0.371 bits per heavy atom. The van der Waals surface area contributed by atoms with Crippen molar-refractivity contribution in [2.45, 2.75) is 94.5 Å². The van der Waals surface area contributed by atoms with Crippen molar-refractivity contribution in [3.63, 3.8) is 0 Å². The number of nitrogens with zero attached hydrogens (tertiary/aromatic N) is 12. The van der Waals surface area contributed by atoms with E-state index in [9.17, 15) is 109 Å². The van der Waals surface area contributed by atoms with E-state index in [1.165, 1.54) is 142 Å². The fourth-order valence-corrected chi connectivity index (χ4v) is 22.1. The first kappa shape index (κ1) is 109. The van der Waals surface area contributed by atoms with E-state index in [4.69, 9.17) is 54.5 Å². The highest BCUT2D eigenvalue weighted by Crippen LogP contribution is 2.42. The van der Waals surface area contributed by atoms with Gasteiger partial charge in [0.25, 0.3) is 17.7 Å². The minimum Gasteiger partial charge on any atom is -0.489 e. The van der Waals surface area contributed by atoms with E-state index < -0.39 is 177 Å². The number of aliphatic imine (C=N–C) groups is 5. The summed E-state index contributed by atoms with van der Waals surface area (Å²) in [5.74, 6) is -9.01. The number of hydrogen-bond donors (Lipinski definition) is 7. The third-order valence-corrected chi connectivity index (χ3v) is 32.6. The molecule has 15 rings (SSSR count). The Bertz CT molecular complexity index is 7010. The maximum absolute atomic E-state index is 14.6. The van der Waals surface area contributed by atoms with Crippen molar-refractivity contribution in [3.05, 3.63) is 313 Å². The Morgan fingerprint density at radius 3 is 1.01 bits per heavy atom. The molecule has 7 heterocycles. The van der Waals surface area contributed by atoms with E-state index in [1.54, 1.807) is 49.4 Å². The fourth-order valence-electron chi connectivity index (χ4n) is 14.7. The summed E-state index contributed by atoms with van der Waals surface area (Å²) >= 11 is 5.93. The van der Waals surface area contributed by atoms with E-state index in [0.717, 1.165) is 94.3 Å². The number of amides is 2. The van der Waals surface area contributed by atoms with Crippen molar-refractivity contribution < 1.29 is 123 Å². The summed E-state index contributed by atoms with van der Waals surface area (Å²) in [4.78, 5) is 53.2. The lowest BCUT2D eigenvalue weighted by Crippen LogP contribution is -2.50. The minimum atomic E-state index is -4.58. The van der Waals surface area contributed by atoms with Gasteiger partial charge >= 0.3 is 12.4 Å². The zero-order valence-electron chi connectivity index (χ0n) is 76.9. The number of pyridine rings is 2. The molecule has 34 nitrogen and oxygen atoms in total. The molecule has 0 unspecified atom stereocenters. The number of ether oxygens (including phenoxy) is 3. The van der Waals surface area contributed by atoms with Crippen LogP contribution in [0.5, 0.6) is 17.4 Å². The molecule has 8 aromatic carbocycles. The van der Waals surface area contributed by atoms with Gasteiger partial charge in [-0.05, 0) is 203 Å². The third kappa shape index (κ3) is 25.9. The molecule has 5 atom stereocenters. The summed E-state index contributed by atoms with van der Waals surface area (Å²) in [6.45, 7) is 7.43. The van der Waals surface area contributed by atoms with Crippen LogP contribution in [0, 0.1) is 40.7 Å². The van der Waals surface area contributed by atoms with Crippen molar-refractivity contribution in [1.82, 2.24) is 31.5 Å². The van der Waals surface area contributed by atoms with Crippen LogP contribution in [0.1, 0.15) is 111 Å². The SMILES string of the molecule is CN1C(N)=N[C@](C)(c2cc(C(=O)Nc3ccc(C(F)(F)F)cc3)ccc2F)CS1(=O)=O.CN1C(N)=N[C@](C)(c2cc(C(=O)Nc3ccc(C(F)(F)F)cn3)ccc2F)CS1(=O)=O.CN1C(N)=N[C@](C)(c2cc(COc3cccc(Cl)c3)ccc2F)CS1(=O)=O.CN1C(N)=N[C@](C)(c2cc(COc3cccc(F)c3)ccc2F)CS1(=O)=O.CN1C(N)=N[C@](C)(c2cc(COc3ncccc3F)ccc2F)CS1(=O)=O. The number of alkyl halides is 6. The molecule has 5 aliphatic rings. The zero-order valence-corrected chi connectivity index (χ0v) is 81.8. The van der Waals surface area contributed by atoms with Crippen molar-refractivity contribution in [2.24, 2.45) is 53.6 Å². The Balaban J connectivity index is 0.000000171. The highest BCUT2D eigenvalue weighted by atomic mass is 35.5. The van der Waals surface area contributed by atoms with Crippen molar-refractivity contribution in [3.8, 4) is 17.4 Å². The second-order valence-electron chi connectivity index (χ2n) is 33.7. The van der Waals surface area contributed by atoms with Crippen LogP contribution < -0.4 is 53.5 Å². The van der Waals surface area contributed by atoms with Gasteiger partial charge in [0.05, 0.1) is 39.9 Å². The van der Waals surface area contributed by atoms with Crippen molar-refractivity contribution in [1.29, 1.82) is 0 Å². The van der Waals surface area contributed by atoms with Gasteiger partial charge in [-0.2, -0.15) is 26.3 Å². The van der Waals surface area contributed by atoms with Gasteiger partial charge in [0.2, 0.25) is 79.9 Å². The van der Waals surface area contributed by atoms with Crippen LogP contribution in [0.3, 0.4) is 0 Å². The van der Waals surface area contributed by atoms with E-state index in [-0.39, 0.29) is 112 Å². The molecule has 0 saturated heterocycles. The smallest absolute Gasteiger partial charge is 0.417 e. The van der Waals surface area contributed by atoms with Crippen LogP contribution >= 0.6 is 11.6 Å². The summed E-state index contributed by atoms with van der Waals surface area (Å²) in [6, 6.07) is 39.9. The molecule has 2 amide bonds. The molecular weight excluding hydrogens is 2030 g/mol. The number of nitrogens with two attached hydrogens (primary N) is 5. The van der Waals surface area contributed by atoms with Gasteiger partial charge in [0.15, 0.2) is 5.82 Å². The number of aromatic nitrogens is 2. The standard InChI is InChI=1S/C19H18F4N4O3S.C18H19ClFN3O3S.C18H17F4N5O3S.C18H19F2N3O3S.C17H18F2N4O3S/c1-18(10-31(29,30)27(2)17(24)26-18)14-9-11(3-8-15(14)20)16(28)25-13-6-4-12(5-7-13)19(21,22)23;1-18(11-27(24,25)23(2)17(21)22-18)15-8-12(6-7-16(15)20)10-26-14-5-3-4-13(19)9-14;1-17(9-31(29,30)27(2)16(23)26-17)12-7-10(3-5-13(12)19)15(28)25-14-6-4-11(8-24-14)18(20,21)22;1-18(11-27(24,25)23(2)17(21)22-18)15-8-12(6-7-16(15)20)10-26-14-5-3-4-13(19)9-14;1-17(10-27(24,25)23(2)16(20)22-17)12-8-11(5-6-13(12)18)9-26-15-14(19)4-3-7-21-15/h3-9H,10H2,1-2H3,(H2,24,26)(H,25,28);3-9H,10-11H2,1-2H3,(H2,21,22);3-8H,9H2,1-2H3,(H2,23,26)(H,24,25,28);3-9H,10-11H2,1-2H3,(H2,21,22);3-8H,9-10H2,1-2H3,(H2,20,22)/t2*18-;17-;18-;17-/m00000/s1. The van der Waals surface area contributed by atoms with Crippen LogP contribution in [0.2, 0.25) is 5.02 Å². The summed E-state index contributed by atoms with van der Waals surface area (Å²) < 4.78 is 319. The van der Waals surface area contributed by atoms with Crippen LogP contribution in [0.15, 0.2) is 225 Å².